The van der Waals surface area contributed by atoms with Gasteiger partial charge in [-0.05, 0) is 12.1 Å². The zero-order chi connectivity index (χ0) is 10.0. The number of rotatable bonds is 2. The molecule has 0 radical (unpaired) electrons. The minimum Gasteiger partial charge on any atom is -0.504 e. The van der Waals surface area contributed by atoms with Crippen LogP contribution in [0.5, 0.6) is 11.5 Å². The van der Waals surface area contributed by atoms with Crippen LogP contribution in [0.15, 0.2) is 12.1 Å². The first-order chi connectivity index (χ1) is 6.07. The summed E-state index contributed by atoms with van der Waals surface area (Å²) in [5, 5.41) is 18.0. The van der Waals surface area contributed by atoms with Gasteiger partial charge in [0.1, 0.15) is 5.56 Å². The van der Waals surface area contributed by atoms with Crippen molar-refractivity contribution in [2.75, 3.05) is 7.11 Å². The normalized spacial score (nSPS) is 9.69. The second-order valence-corrected chi connectivity index (χ2v) is 2.69. The zero-order valence-corrected chi connectivity index (χ0v) is 7.50. The highest BCUT2D eigenvalue weighted by atomic mass is 35.5. The summed E-state index contributed by atoms with van der Waals surface area (Å²) in [6.45, 7) is 0. The van der Waals surface area contributed by atoms with Crippen LogP contribution in [0.25, 0.3) is 0 Å². The highest BCUT2D eigenvalue weighted by Crippen LogP contribution is 2.34. The van der Waals surface area contributed by atoms with Crippen LogP contribution in [-0.4, -0.2) is 23.3 Å². The van der Waals surface area contributed by atoms with Gasteiger partial charge in [-0.25, -0.2) is 4.79 Å². The molecule has 0 aliphatic heterocycles. The lowest BCUT2D eigenvalue weighted by Gasteiger charge is -2.07. The molecule has 0 atom stereocenters. The molecule has 0 saturated heterocycles. The maximum absolute atomic E-state index is 10.7. The molecule has 0 aliphatic carbocycles. The van der Waals surface area contributed by atoms with Crippen LogP contribution in [-0.2, 0) is 0 Å². The van der Waals surface area contributed by atoms with Gasteiger partial charge in [-0.2, -0.15) is 0 Å². The van der Waals surface area contributed by atoms with Gasteiger partial charge in [0, 0.05) is 0 Å². The summed E-state index contributed by atoms with van der Waals surface area (Å²) in [5.74, 6) is -1.61. The predicted octanol–water partition coefficient (Wildman–Crippen LogP) is 1.75. The Bertz CT molecular complexity index is 348. The van der Waals surface area contributed by atoms with Gasteiger partial charge in [-0.3, -0.25) is 0 Å². The molecule has 1 rings (SSSR count). The van der Waals surface area contributed by atoms with Gasteiger partial charge in [0.15, 0.2) is 11.5 Å². The van der Waals surface area contributed by atoms with Crippen LogP contribution >= 0.6 is 11.6 Å². The molecule has 1 aromatic rings. The number of phenolic OH excluding ortho intramolecular Hbond substituents is 1. The topological polar surface area (TPSA) is 66.8 Å². The molecule has 0 amide bonds. The predicted molar refractivity (Wildman–Crippen MR) is 46.6 cm³/mol. The monoisotopic (exact) mass is 202 g/mol. The zero-order valence-electron chi connectivity index (χ0n) is 6.74. The number of hydrogen-bond donors (Lipinski definition) is 2. The summed E-state index contributed by atoms with van der Waals surface area (Å²) < 4.78 is 4.70. The minimum atomic E-state index is -1.24. The summed E-state index contributed by atoms with van der Waals surface area (Å²) in [4.78, 5) is 10.7. The molecule has 4 nitrogen and oxygen atoms in total. The van der Waals surface area contributed by atoms with E-state index in [0.29, 0.717) is 0 Å². The van der Waals surface area contributed by atoms with Gasteiger partial charge in [-0.15, -0.1) is 0 Å². The van der Waals surface area contributed by atoms with Crippen molar-refractivity contribution in [3.05, 3.63) is 22.7 Å². The smallest absolute Gasteiger partial charge is 0.341 e. The van der Waals surface area contributed by atoms with Crippen LogP contribution in [0, 0.1) is 0 Å². The molecule has 0 fully saturated rings. The van der Waals surface area contributed by atoms with E-state index in [1.807, 2.05) is 0 Å². The van der Waals surface area contributed by atoms with Crippen LogP contribution in [0.3, 0.4) is 0 Å². The molecule has 2 N–H and O–H groups in total. The number of benzene rings is 1. The Balaban J connectivity index is 3.43. The van der Waals surface area contributed by atoms with E-state index in [9.17, 15) is 9.90 Å². The van der Waals surface area contributed by atoms with Crippen molar-refractivity contribution >= 4 is 17.6 Å². The van der Waals surface area contributed by atoms with Crippen molar-refractivity contribution in [3.63, 3.8) is 0 Å². The number of aromatic carboxylic acids is 1. The molecule has 13 heavy (non-hydrogen) atoms. The van der Waals surface area contributed by atoms with Crippen molar-refractivity contribution in [1.29, 1.82) is 0 Å². The van der Waals surface area contributed by atoms with Crippen LogP contribution in [0.2, 0.25) is 5.02 Å². The number of hydrogen-bond acceptors (Lipinski definition) is 3. The van der Waals surface area contributed by atoms with Crippen LogP contribution in [0.4, 0.5) is 0 Å². The lowest BCUT2D eigenvalue weighted by Crippen LogP contribution is -2.01. The maximum atomic E-state index is 10.7. The molecule has 1 aromatic carbocycles. The summed E-state index contributed by atoms with van der Waals surface area (Å²) >= 11 is 5.60. The Kier molecular flexibility index (Phi) is 2.63. The van der Waals surface area contributed by atoms with Crippen molar-refractivity contribution in [2.24, 2.45) is 0 Å². The van der Waals surface area contributed by atoms with Gasteiger partial charge in [-0.1, -0.05) is 11.6 Å². The fourth-order valence-electron chi connectivity index (χ4n) is 0.954. The van der Waals surface area contributed by atoms with Crippen molar-refractivity contribution < 1.29 is 19.7 Å². The molecule has 0 aliphatic rings. The largest absolute Gasteiger partial charge is 0.504 e. The Morgan fingerprint density at radius 1 is 1.54 bits per heavy atom. The number of methoxy groups -OCH3 is 1. The van der Waals surface area contributed by atoms with Crippen LogP contribution in [0.1, 0.15) is 10.4 Å². The SMILES string of the molecule is COc1c(O)ccc(Cl)c1C(=O)O. The number of aromatic hydroxyl groups is 1. The summed E-state index contributed by atoms with van der Waals surface area (Å²) in [6.07, 6.45) is 0. The second kappa shape index (κ2) is 3.53. The van der Waals surface area contributed by atoms with Gasteiger partial charge in [0.25, 0.3) is 0 Å². The first-order valence-corrected chi connectivity index (χ1v) is 3.74. The number of ether oxygens (including phenoxy) is 1. The third-order valence-electron chi connectivity index (χ3n) is 1.50. The number of phenols is 1. The molecule has 0 bridgehead atoms. The van der Waals surface area contributed by atoms with Crippen LogP contribution < -0.4 is 4.74 Å². The third kappa shape index (κ3) is 1.67. The fourth-order valence-corrected chi connectivity index (χ4v) is 1.18. The Morgan fingerprint density at radius 2 is 2.15 bits per heavy atom. The minimum absolute atomic E-state index is 0.0298. The molecule has 0 heterocycles. The highest BCUT2D eigenvalue weighted by molar-refractivity contribution is 6.34. The van der Waals surface area contributed by atoms with Crippen molar-refractivity contribution in [3.8, 4) is 11.5 Å². The highest BCUT2D eigenvalue weighted by Gasteiger charge is 2.18. The second-order valence-electron chi connectivity index (χ2n) is 2.28. The van der Waals surface area contributed by atoms with Crippen molar-refractivity contribution in [1.82, 2.24) is 0 Å². The molecule has 70 valence electrons. The first kappa shape index (κ1) is 9.67. The molecule has 0 spiro atoms. The van der Waals surface area contributed by atoms with E-state index < -0.39 is 5.97 Å². The number of halogens is 1. The molecular formula is C8H7ClO4. The number of carboxylic acid groups (broad SMARTS) is 1. The quantitative estimate of drug-likeness (QED) is 0.767. The molecule has 0 aromatic heterocycles. The van der Waals surface area contributed by atoms with E-state index >= 15 is 0 Å². The summed E-state index contributed by atoms with van der Waals surface area (Å²) in [7, 11) is 1.26. The standard InChI is InChI=1S/C8H7ClO4/c1-13-7-5(10)3-2-4(9)6(7)8(11)12/h2-3,10H,1H3,(H,11,12). The summed E-state index contributed by atoms with van der Waals surface area (Å²) in [5.41, 5.74) is -0.232. The third-order valence-corrected chi connectivity index (χ3v) is 1.82. The molecule has 0 saturated carbocycles. The van der Waals surface area contributed by atoms with E-state index in [4.69, 9.17) is 21.4 Å². The number of carboxylic acids is 1. The van der Waals surface area contributed by atoms with Gasteiger partial charge < -0.3 is 14.9 Å². The lowest BCUT2D eigenvalue weighted by molar-refractivity contribution is 0.0692. The average molecular weight is 203 g/mol. The Morgan fingerprint density at radius 3 is 2.54 bits per heavy atom. The molecule has 0 unspecified atom stereocenters. The number of carbonyl (C=O) groups is 1. The summed E-state index contributed by atoms with van der Waals surface area (Å²) in [6, 6.07) is 2.57. The lowest BCUT2D eigenvalue weighted by atomic mass is 10.2. The van der Waals surface area contributed by atoms with Gasteiger partial charge in [0.2, 0.25) is 0 Å². The maximum Gasteiger partial charge on any atom is 0.341 e. The van der Waals surface area contributed by atoms with E-state index in [2.05, 4.69) is 0 Å². The van der Waals surface area contributed by atoms with Gasteiger partial charge in [0.05, 0.1) is 12.1 Å². The fraction of sp³-hybridized carbons (Fsp3) is 0.125. The van der Waals surface area contributed by atoms with E-state index in [0.717, 1.165) is 0 Å². The Labute approximate surface area is 79.3 Å². The van der Waals surface area contributed by atoms with Crippen molar-refractivity contribution in [2.45, 2.75) is 0 Å². The molecule has 5 heteroatoms. The first-order valence-electron chi connectivity index (χ1n) is 3.36. The molecular weight excluding hydrogens is 196 g/mol. The van der Waals surface area contributed by atoms with E-state index in [-0.39, 0.29) is 22.1 Å². The van der Waals surface area contributed by atoms with E-state index in [1.165, 1.54) is 19.2 Å². The van der Waals surface area contributed by atoms with Gasteiger partial charge >= 0.3 is 5.97 Å². The van der Waals surface area contributed by atoms with E-state index in [1.54, 1.807) is 0 Å². The Hall–Kier alpha value is -1.42. The average Bonchev–Trinajstić information content (AvgIpc) is 2.07.